The number of amides is 7. The van der Waals surface area contributed by atoms with Crippen molar-refractivity contribution in [2.45, 2.75) is 158 Å². The van der Waals surface area contributed by atoms with Gasteiger partial charge >= 0.3 is 12.1 Å². The van der Waals surface area contributed by atoms with E-state index in [9.17, 15) is 38.4 Å². The van der Waals surface area contributed by atoms with Crippen LogP contribution in [0, 0.1) is 23.7 Å². The molecule has 11 atom stereocenters. The van der Waals surface area contributed by atoms with E-state index in [1.54, 1.807) is 66.6 Å². The third-order valence-electron chi connectivity index (χ3n) is 17.7. The van der Waals surface area contributed by atoms with Crippen LogP contribution in [0.5, 0.6) is 0 Å². The zero-order valence-electron chi connectivity index (χ0n) is 51.1. The molecule has 2 heterocycles. The number of hydrogen-bond donors (Lipinski definition) is 5. The van der Waals surface area contributed by atoms with E-state index in [-0.39, 0.29) is 97.5 Å². The van der Waals surface area contributed by atoms with Crippen LogP contribution in [0.1, 0.15) is 166 Å². The van der Waals surface area contributed by atoms with Crippen molar-refractivity contribution < 1.29 is 47.8 Å². The SMILES string of the molecule is CSCC[C@H](NC(=O)OC(C)(C)C)C(=O)OCCCCCCCCCCCCNC(=O)[C@@H]1CN(C(=O)c2ccc(C(=O)N3C[C@@H](C(=O)N[C@H]4C[C@@H]4c4ccccc4)[C@H](C(=O)N[C@H]4C[C@@H]4c4ccccc4)C3)cc2)C[C@H]1C(=O)N[C@H]1C[C@@H]1c1ccccc1. The number of thioether (sulfide) groups is 1. The van der Waals surface area contributed by atoms with E-state index in [1.807, 2.05) is 60.9 Å². The van der Waals surface area contributed by atoms with Gasteiger partial charge < -0.3 is 45.9 Å². The highest BCUT2D eigenvalue weighted by Crippen LogP contribution is 2.44. The molecule has 3 aliphatic carbocycles. The van der Waals surface area contributed by atoms with Crippen molar-refractivity contribution >= 4 is 59.3 Å². The summed E-state index contributed by atoms with van der Waals surface area (Å²) in [6, 6.07) is 35.6. The van der Waals surface area contributed by atoms with Gasteiger partial charge in [-0.05, 0) is 112 Å². The van der Waals surface area contributed by atoms with Crippen LogP contribution in [0.4, 0.5) is 4.79 Å². The lowest BCUT2D eigenvalue weighted by Gasteiger charge is -2.22. The molecule has 5 N–H and O–H groups in total. The van der Waals surface area contributed by atoms with Crippen molar-refractivity contribution in [2.75, 3.05) is 51.3 Å². The van der Waals surface area contributed by atoms with Gasteiger partial charge in [-0.1, -0.05) is 142 Å². The Kier molecular flexibility index (Phi) is 22.6. The molecule has 18 heteroatoms. The van der Waals surface area contributed by atoms with Gasteiger partial charge in [0.05, 0.1) is 30.3 Å². The van der Waals surface area contributed by atoms with Crippen molar-refractivity contribution in [2.24, 2.45) is 23.7 Å². The summed E-state index contributed by atoms with van der Waals surface area (Å²) >= 11 is 1.60. The fourth-order valence-electron chi connectivity index (χ4n) is 12.5. The van der Waals surface area contributed by atoms with Crippen LogP contribution in [0.3, 0.4) is 0 Å². The number of nitrogens with one attached hydrogen (secondary N) is 5. The molecule has 0 aromatic heterocycles. The Balaban J connectivity index is 0.727. The minimum atomic E-state index is -0.754. The quantitative estimate of drug-likeness (QED) is 0.0245. The Bertz CT molecular complexity index is 2910. The number of carbonyl (C=O) groups excluding carboxylic acids is 8. The van der Waals surface area contributed by atoms with Crippen LogP contribution >= 0.6 is 11.8 Å². The zero-order chi connectivity index (χ0) is 61.5. The highest BCUT2D eigenvalue weighted by Gasteiger charge is 2.50. The summed E-state index contributed by atoms with van der Waals surface area (Å²) in [5.41, 5.74) is 3.41. The number of hydrogen-bond acceptors (Lipinski definition) is 11. The molecule has 2 saturated heterocycles. The molecule has 466 valence electrons. The predicted molar refractivity (Wildman–Crippen MR) is 336 cm³/mol. The van der Waals surface area contributed by atoms with Crippen molar-refractivity contribution in [1.29, 1.82) is 0 Å². The number of ether oxygens (including phenoxy) is 2. The summed E-state index contributed by atoms with van der Waals surface area (Å²) in [7, 11) is 0. The van der Waals surface area contributed by atoms with Gasteiger partial charge in [0.15, 0.2) is 0 Å². The molecular formula is C69H89N7O10S. The molecule has 0 bridgehead atoms. The van der Waals surface area contributed by atoms with E-state index in [4.69, 9.17) is 9.47 Å². The Morgan fingerprint density at radius 3 is 1.25 bits per heavy atom. The van der Waals surface area contributed by atoms with Crippen LogP contribution in [0.2, 0.25) is 0 Å². The monoisotopic (exact) mass is 1210 g/mol. The predicted octanol–water partition coefficient (Wildman–Crippen LogP) is 9.29. The Morgan fingerprint density at radius 1 is 0.506 bits per heavy atom. The van der Waals surface area contributed by atoms with Crippen molar-refractivity contribution in [3.8, 4) is 0 Å². The molecule has 0 radical (unpaired) electrons. The summed E-state index contributed by atoms with van der Waals surface area (Å²) in [6.45, 7) is 6.37. The van der Waals surface area contributed by atoms with Crippen LogP contribution < -0.4 is 26.6 Å². The first-order chi connectivity index (χ1) is 42.0. The van der Waals surface area contributed by atoms with E-state index in [0.29, 0.717) is 36.5 Å². The second-order valence-electron chi connectivity index (χ2n) is 25.5. The third-order valence-corrected chi connectivity index (χ3v) is 18.3. The lowest BCUT2D eigenvalue weighted by atomic mass is 9.94. The number of alkyl carbamates (subject to hydrolysis) is 1. The number of esters is 1. The van der Waals surface area contributed by atoms with Crippen LogP contribution in [0.25, 0.3) is 0 Å². The molecule has 0 spiro atoms. The molecule has 87 heavy (non-hydrogen) atoms. The second-order valence-corrected chi connectivity index (χ2v) is 26.5. The van der Waals surface area contributed by atoms with Gasteiger partial charge in [-0.3, -0.25) is 28.8 Å². The number of benzene rings is 4. The second kappa shape index (κ2) is 30.6. The summed E-state index contributed by atoms with van der Waals surface area (Å²) in [5, 5.41) is 15.3. The molecule has 9 rings (SSSR count). The molecule has 17 nitrogen and oxygen atoms in total. The van der Waals surface area contributed by atoms with Gasteiger partial charge in [-0.15, -0.1) is 0 Å². The molecule has 5 aliphatic rings. The first kappa shape index (κ1) is 64.3. The Morgan fingerprint density at radius 2 is 0.874 bits per heavy atom. The largest absolute Gasteiger partial charge is 0.464 e. The van der Waals surface area contributed by atoms with Gasteiger partial charge in [-0.25, -0.2) is 9.59 Å². The molecule has 0 unspecified atom stereocenters. The number of nitrogens with zero attached hydrogens (tertiary/aromatic N) is 2. The van der Waals surface area contributed by atoms with Gasteiger partial charge in [-0.2, -0.15) is 11.8 Å². The van der Waals surface area contributed by atoms with E-state index >= 15 is 0 Å². The highest BCUT2D eigenvalue weighted by atomic mass is 32.2. The first-order valence-corrected chi connectivity index (χ1v) is 33.1. The third kappa shape index (κ3) is 18.4. The van der Waals surface area contributed by atoms with Crippen LogP contribution in [-0.4, -0.2) is 138 Å². The Hall–Kier alpha value is -7.21. The summed E-state index contributed by atoms with van der Waals surface area (Å²) in [5.74, 6) is -3.83. The van der Waals surface area contributed by atoms with Crippen molar-refractivity contribution in [3.63, 3.8) is 0 Å². The maximum absolute atomic E-state index is 14.3. The Labute approximate surface area is 517 Å². The standard InChI is InChI=1S/C69H89N7O10S/c1-69(2,3)86-68(84)74-57(34-37-87-4)67(83)85-36-23-12-10-8-6-5-7-9-11-22-35-70-61(77)53-41-75(42-54(53)62(78)71-58-38-50(58)45-24-16-13-17-25-45)65(81)48-30-32-49(33-31-48)66(82)76-43-55(63(79)72-59-39-51(59)46-26-18-14-19-27-46)56(44-76)64(80)73-60-40-52(60)47-28-20-15-21-29-47/h13-21,24-33,50-60H,5-12,22-23,34-44H2,1-4H3,(H,70,77)(H,71,78)(H,72,79)(H,73,80)(H,74,84)/t50-,51-,52-,53-,54-,55-,56-,57+,58+,59+,60+/m1/s1. The number of rotatable bonds is 30. The normalized spacial score (nSPS) is 23.8. The van der Waals surface area contributed by atoms with E-state index in [2.05, 4.69) is 63.0 Å². The lowest BCUT2D eigenvalue weighted by Crippen LogP contribution is -2.44. The molecule has 4 aromatic carbocycles. The molecule has 5 fully saturated rings. The molecule has 7 amide bonds. The number of unbranched alkanes of at least 4 members (excludes halogenated alkanes) is 9. The van der Waals surface area contributed by atoms with Crippen LogP contribution in [0.15, 0.2) is 115 Å². The molecule has 3 saturated carbocycles. The molecule has 4 aromatic rings. The first-order valence-electron chi connectivity index (χ1n) is 31.7. The van der Waals surface area contributed by atoms with Crippen molar-refractivity contribution in [3.05, 3.63) is 143 Å². The van der Waals surface area contributed by atoms with Gasteiger partial charge in [0.2, 0.25) is 23.6 Å². The topological polar surface area (TPSA) is 222 Å². The fourth-order valence-corrected chi connectivity index (χ4v) is 12.9. The smallest absolute Gasteiger partial charge is 0.408 e. The highest BCUT2D eigenvalue weighted by molar-refractivity contribution is 7.98. The van der Waals surface area contributed by atoms with Gasteiger partial charge in [0.25, 0.3) is 11.8 Å². The fraction of sp³-hybridized carbons (Fsp3) is 0.536. The maximum Gasteiger partial charge on any atom is 0.408 e. The lowest BCUT2D eigenvalue weighted by molar-refractivity contribution is -0.146. The summed E-state index contributed by atoms with van der Waals surface area (Å²) in [4.78, 5) is 113. The zero-order valence-corrected chi connectivity index (χ0v) is 51.9. The summed E-state index contributed by atoms with van der Waals surface area (Å²) in [6.07, 6.45) is 14.1. The van der Waals surface area contributed by atoms with E-state index in [0.717, 1.165) is 100 Å². The van der Waals surface area contributed by atoms with Gasteiger partial charge in [0, 0.05) is 79.7 Å². The van der Waals surface area contributed by atoms with E-state index in [1.165, 1.54) is 0 Å². The maximum atomic E-state index is 14.3. The number of carbonyl (C=O) groups is 8. The summed E-state index contributed by atoms with van der Waals surface area (Å²) < 4.78 is 10.8. The van der Waals surface area contributed by atoms with Crippen LogP contribution in [-0.2, 0) is 33.4 Å². The molecule has 2 aliphatic heterocycles. The average Bonchev–Trinajstić information content (AvgIpc) is 2.01. The average molecular weight is 1210 g/mol. The minimum absolute atomic E-state index is 0.0469. The minimum Gasteiger partial charge on any atom is -0.464 e. The molecular weight excluding hydrogens is 1120 g/mol. The van der Waals surface area contributed by atoms with Gasteiger partial charge in [0.1, 0.15) is 11.6 Å². The van der Waals surface area contributed by atoms with Crippen molar-refractivity contribution in [1.82, 2.24) is 36.4 Å². The van der Waals surface area contributed by atoms with E-state index < -0.39 is 47.4 Å². The number of likely N-dealkylation sites (tertiary alicyclic amines) is 2.